The summed E-state index contributed by atoms with van der Waals surface area (Å²) in [4.78, 5) is 38.2. The van der Waals surface area contributed by atoms with Gasteiger partial charge in [-0.1, -0.05) is 30.3 Å². The molecule has 0 radical (unpaired) electrons. The van der Waals surface area contributed by atoms with Gasteiger partial charge in [0.15, 0.2) is 0 Å². The highest BCUT2D eigenvalue weighted by Crippen LogP contribution is 2.35. The van der Waals surface area contributed by atoms with Crippen LogP contribution in [0, 0.1) is 0 Å². The van der Waals surface area contributed by atoms with Gasteiger partial charge < -0.3 is 9.84 Å². The normalized spacial score (nSPS) is 15.3. The number of amides is 1. The highest BCUT2D eigenvalue weighted by atomic mass is 16.5. The molecule has 6 heteroatoms. The molecule has 1 heterocycles. The lowest BCUT2D eigenvalue weighted by atomic mass is 10.0. The number of aromatic carboxylic acids is 1. The Labute approximate surface area is 162 Å². The predicted octanol–water partition coefficient (Wildman–Crippen LogP) is 3.65. The Bertz CT molecular complexity index is 987. The number of para-hydroxylation sites is 1. The summed E-state index contributed by atoms with van der Waals surface area (Å²) in [5.74, 6) is -1.94. The summed E-state index contributed by atoms with van der Waals surface area (Å²) in [5, 5.41) is 9.03. The van der Waals surface area contributed by atoms with Crippen molar-refractivity contribution in [1.82, 2.24) is 0 Å². The van der Waals surface area contributed by atoms with E-state index in [9.17, 15) is 14.4 Å². The van der Waals surface area contributed by atoms with E-state index < -0.39 is 11.9 Å². The first-order valence-electron chi connectivity index (χ1n) is 8.77. The average molecular weight is 377 g/mol. The number of anilines is 1. The maximum Gasteiger partial charge on any atom is 0.340 e. The third-order valence-corrected chi connectivity index (χ3v) is 4.36. The summed E-state index contributed by atoms with van der Waals surface area (Å²) in [5.41, 5.74) is 2.31. The summed E-state index contributed by atoms with van der Waals surface area (Å²) < 4.78 is 5.15. The summed E-state index contributed by atoms with van der Waals surface area (Å²) in [6, 6.07) is 15.1. The van der Waals surface area contributed by atoms with Gasteiger partial charge in [0.2, 0.25) is 0 Å². The minimum Gasteiger partial charge on any atom is -0.478 e. The topological polar surface area (TPSA) is 83.9 Å². The third kappa shape index (κ3) is 3.57. The Kier molecular flexibility index (Phi) is 5.40. The van der Waals surface area contributed by atoms with E-state index >= 15 is 0 Å². The number of rotatable bonds is 5. The molecule has 142 valence electrons. The zero-order chi connectivity index (χ0) is 20.3. The molecule has 28 heavy (non-hydrogen) atoms. The van der Waals surface area contributed by atoms with E-state index in [0.29, 0.717) is 16.9 Å². The second-order valence-corrected chi connectivity index (χ2v) is 6.14. The number of hydrogen-bond donors (Lipinski definition) is 1. The van der Waals surface area contributed by atoms with Crippen molar-refractivity contribution in [1.29, 1.82) is 0 Å². The number of esters is 1. The summed E-state index contributed by atoms with van der Waals surface area (Å²) in [6.07, 6.45) is 1.58. The van der Waals surface area contributed by atoms with E-state index in [2.05, 4.69) is 0 Å². The Morgan fingerprint density at radius 1 is 1.07 bits per heavy atom. The van der Waals surface area contributed by atoms with Crippen molar-refractivity contribution in [3.63, 3.8) is 0 Å². The maximum atomic E-state index is 13.1. The van der Waals surface area contributed by atoms with Crippen LogP contribution >= 0.6 is 0 Å². The first-order chi connectivity index (χ1) is 13.4. The Balaban J connectivity index is 2.08. The number of nitrogens with zero attached hydrogens (tertiary/aromatic N) is 1. The van der Waals surface area contributed by atoms with Crippen LogP contribution in [-0.2, 0) is 14.3 Å². The van der Waals surface area contributed by atoms with E-state index in [1.807, 2.05) is 18.2 Å². The van der Waals surface area contributed by atoms with E-state index in [4.69, 9.17) is 9.84 Å². The zero-order valence-corrected chi connectivity index (χ0v) is 15.5. The van der Waals surface area contributed by atoms with Gasteiger partial charge in [0, 0.05) is 11.4 Å². The number of carbonyl (C=O) groups is 3. The fourth-order valence-electron chi connectivity index (χ4n) is 3.06. The molecule has 2 aromatic rings. The van der Waals surface area contributed by atoms with Gasteiger partial charge in [0.05, 0.1) is 23.3 Å². The smallest absolute Gasteiger partial charge is 0.340 e. The van der Waals surface area contributed by atoms with Crippen molar-refractivity contribution in [2.24, 2.45) is 0 Å². The molecule has 1 aliphatic heterocycles. The molecule has 1 N–H and O–H groups in total. The fraction of sp³-hybridized carbons (Fsp3) is 0.136. The number of carboxylic acids is 1. The lowest BCUT2D eigenvalue weighted by Crippen LogP contribution is -2.24. The molecule has 0 saturated carbocycles. The third-order valence-electron chi connectivity index (χ3n) is 4.36. The molecule has 2 aromatic carbocycles. The summed E-state index contributed by atoms with van der Waals surface area (Å²) >= 11 is 0. The number of carbonyl (C=O) groups excluding carboxylic acids is 2. The molecule has 0 saturated heterocycles. The molecular formula is C22H19NO5. The highest BCUT2D eigenvalue weighted by Gasteiger charge is 2.37. The van der Waals surface area contributed by atoms with Gasteiger partial charge in [-0.15, -0.1) is 0 Å². The van der Waals surface area contributed by atoms with Gasteiger partial charge in [0.25, 0.3) is 5.91 Å². The number of hydrogen-bond acceptors (Lipinski definition) is 4. The minimum absolute atomic E-state index is 0.142. The van der Waals surface area contributed by atoms with Crippen LogP contribution in [-0.4, -0.2) is 29.6 Å². The Morgan fingerprint density at radius 3 is 2.29 bits per heavy atom. The van der Waals surface area contributed by atoms with Crippen LogP contribution in [0.15, 0.2) is 71.4 Å². The Morgan fingerprint density at radius 2 is 1.71 bits per heavy atom. The van der Waals surface area contributed by atoms with Crippen molar-refractivity contribution >= 4 is 29.6 Å². The fourth-order valence-corrected chi connectivity index (χ4v) is 3.06. The van der Waals surface area contributed by atoms with Gasteiger partial charge in [0.1, 0.15) is 0 Å². The molecular weight excluding hydrogens is 358 g/mol. The first-order valence-corrected chi connectivity index (χ1v) is 8.77. The second-order valence-electron chi connectivity index (χ2n) is 6.14. The van der Waals surface area contributed by atoms with Crippen molar-refractivity contribution < 1.29 is 24.2 Å². The van der Waals surface area contributed by atoms with Crippen LogP contribution in [0.2, 0.25) is 0 Å². The van der Waals surface area contributed by atoms with E-state index in [1.165, 1.54) is 17.0 Å². The largest absolute Gasteiger partial charge is 0.478 e. The standard InChI is InChI=1S/C22H19NO5/c1-3-28-22(27)19-14(2)23(17-7-5-4-6-8-17)20(24)18(19)13-15-9-11-16(12-10-15)21(25)26/h4-13H,3H2,1-2H3,(H,25,26). The van der Waals surface area contributed by atoms with Gasteiger partial charge in [-0.05, 0) is 49.8 Å². The number of benzene rings is 2. The van der Waals surface area contributed by atoms with Crippen LogP contribution in [0.5, 0.6) is 0 Å². The van der Waals surface area contributed by atoms with Crippen LogP contribution in [0.25, 0.3) is 6.08 Å². The molecule has 0 atom stereocenters. The van der Waals surface area contributed by atoms with Crippen LogP contribution in [0.1, 0.15) is 29.8 Å². The van der Waals surface area contributed by atoms with Gasteiger partial charge in [-0.2, -0.15) is 0 Å². The number of allylic oxidation sites excluding steroid dienone is 1. The average Bonchev–Trinajstić information content (AvgIpc) is 2.93. The van der Waals surface area contributed by atoms with E-state index in [0.717, 1.165) is 0 Å². The quantitative estimate of drug-likeness (QED) is 0.635. The van der Waals surface area contributed by atoms with Crippen molar-refractivity contribution in [3.8, 4) is 0 Å². The lowest BCUT2D eigenvalue weighted by Gasteiger charge is -2.17. The second kappa shape index (κ2) is 7.92. The van der Waals surface area contributed by atoms with Gasteiger partial charge >= 0.3 is 11.9 Å². The minimum atomic E-state index is -1.03. The van der Waals surface area contributed by atoms with Crippen LogP contribution in [0.3, 0.4) is 0 Å². The molecule has 6 nitrogen and oxygen atoms in total. The van der Waals surface area contributed by atoms with E-state index in [1.54, 1.807) is 44.2 Å². The molecule has 0 fully saturated rings. The monoisotopic (exact) mass is 377 g/mol. The molecule has 3 rings (SSSR count). The molecule has 1 amide bonds. The Hall–Kier alpha value is -3.67. The molecule has 0 spiro atoms. The van der Waals surface area contributed by atoms with Gasteiger partial charge in [-0.3, -0.25) is 9.69 Å². The SMILES string of the molecule is CCOC(=O)C1=C(C)N(c2ccccc2)C(=O)C1=Cc1ccc(C(=O)O)cc1. The molecule has 0 aliphatic carbocycles. The highest BCUT2D eigenvalue weighted by molar-refractivity contribution is 6.23. The van der Waals surface area contributed by atoms with Crippen molar-refractivity contribution in [3.05, 3.63) is 82.6 Å². The van der Waals surface area contributed by atoms with Crippen LogP contribution in [0.4, 0.5) is 5.69 Å². The zero-order valence-electron chi connectivity index (χ0n) is 15.5. The maximum absolute atomic E-state index is 13.1. The summed E-state index contributed by atoms with van der Waals surface area (Å²) in [7, 11) is 0. The molecule has 0 unspecified atom stereocenters. The van der Waals surface area contributed by atoms with Crippen molar-refractivity contribution in [2.45, 2.75) is 13.8 Å². The van der Waals surface area contributed by atoms with Gasteiger partial charge in [-0.25, -0.2) is 9.59 Å². The van der Waals surface area contributed by atoms with Crippen LogP contribution < -0.4 is 4.90 Å². The number of carboxylic acid groups (broad SMARTS) is 1. The summed E-state index contributed by atoms with van der Waals surface area (Å²) in [6.45, 7) is 3.59. The van der Waals surface area contributed by atoms with Crippen molar-refractivity contribution in [2.75, 3.05) is 11.5 Å². The molecule has 0 aromatic heterocycles. The lowest BCUT2D eigenvalue weighted by molar-refractivity contribution is -0.138. The van der Waals surface area contributed by atoms with E-state index in [-0.39, 0.29) is 29.2 Å². The predicted molar refractivity (Wildman–Crippen MR) is 105 cm³/mol. The molecule has 1 aliphatic rings. The first kappa shape index (κ1) is 19.1. The molecule has 0 bridgehead atoms. The number of ether oxygens (including phenoxy) is 1.